The zero-order valence-corrected chi connectivity index (χ0v) is 10.7. The van der Waals surface area contributed by atoms with Crippen molar-refractivity contribution < 1.29 is 4.79 Å². The third kappa shape index (κ3) is 3.19. The first-order chi connectivity index (χ1) is 7.40. The van der Waals surface area contributed by atoms with Crippen LogP contribution in [0.1, 0.15) is 33.1 Å². The third-order valence-electron chi connectivity index (χ3n) is 3.62. The average molecular weight is 227 g/mol. The van der Waals surface area contributed by atoms with Crippen LogP contribution < -0.4 is 11.5 Å². The zero-order valence-electron chi connectivity index (χ0n) is 10.7. The Bertz CT molecular complexity index is 253. The molecule has 94 valence electrons. The van der Waals surface area contributed by atoms with Crippen LogP contribution >= 0.6 is 0 Å². The predicted molar refractivity (Wildman–Crippen MR) is 65.8 cm³/mol. The van der Waals surface area contributed by atoms with Gasteiger partial charge in [0.25, 0.3) is 0 Å². The molecule has 4 nitrogen and oxygen atoms in total. The summed E-state index contributed by atoms with van der Waals surface area (Å²) < 4.78 is 0. The Hall–Kier alpha value is -0.610. The summed E-state index contributed by atoms with van der Waals surface area (Å²) in [7, 11) is 2.01. The van der Waals surface area contributed by atoms with Crippen molar-refractivity contribution in [1.82, 2.24) is 4.90 Å². The first-order valence-corrected chi connectivity index (χ1v) is 6.17. The van der Waals surface area contributed by atoms with E-state index in [1.807, 2.05) is 7.05 Å². The lowest BCUT2D eigenvalue weighted by atomic mass is 9.92. The van der Waals surface area contributed by atoms with Crippen LogP contribution in [0.5, 0.6) is 0 Å². The molecular formula is C12H25N3O. The number of rotatable bonds is 7. The van der Waals surface area contributed by atoms with Gasteiger partial charge in [0.05, 0.1) is 0 Å². The number of primary amides is 1. The molecule has 0 aromatic carbocycles. The van der Waals surface area contributed by atoms with E-state index in [1.165, 1.54) is 0 Å². The van der Waals surface area contributed by atoms with Crippen molar-refractivity contribution in [1.29, 1.82) is 0 Å². The Morgan fingerprint density at radius 3 is 2.50 bits per heavy atom. The van der Waals surface area contributed by atoms with Crippen LogP contribution in [0.15, 0.2) is 0 Å². The molecule has 0 saturated heterocycles. The molecular weight excluding hydrogens is 202 g/mol. The Labute approximate surface area is 98.3 Å². The van der Waals surface area contributed by atoms with E-state index < -0.39 is 5.54 Å². The van der Waals surface area contributed by atoms with Crippen LogP contribution in [-0.4, -0.2) is 36.5 Å². The van der Waals surface area contributed by atoms with Crippen molar-refractivity contribution >= 4 is 5.91 Å². The Morgan fingerprint density at radius 2 is 2.12 bits per heavy atom. The highest BCUT2D eigenvalue weighted by molar-refractivity contribution is 5.85. The van der Waals surface area contributed by atoms with Gasteiger partial charge in [0.15, 0.2) is 0 Å². The summed E-state index contributed by atoms with van der Waals surface area (Å²) in [6.07, 6.45) is 3.22. The van der Waals surface area contributed by atoms with Crippen LogP contribution in [0.4, 0.5) is 0 Å². The molecule has 1 fully saturated rings. The van der Waals surface area contributed by atoms with Crippen LogP contribution in [0.2, 0.25) is 0 Å². The van der Waals surface area contributed by atoms with E-state index >= 15 is 0 Å². The number of nitrogens with two attached hydrogens (primary N) is 2. The van der Waals surface area contributed by atoms with E-state index in [1.54, 1.807) is 0 Å². The molecule has 0 bridgehead atoms. The van der Waals surface area contributed by atoms with Crippen molar-refractivity contribution in [2.24, 2.45) is 23.3 Å². The predicted octanol–water partition coefficient (Wildman–Crippen LogP) is 0.557. The van der Waals surface area contributed by atoms with E-state index in [9.17, 15) is 4.79 Å². The molecule has 1 amide bonds. The van der Waals surface area contributed by atoms with Gasteiger partial charge < -0.3 is 16.4 Å². The van der Waals surface area contributed by atoms with E-state index in [0.29, 0.717) is 18.4 Å². The molecule has 1 saturated carbocycles. The van der Waals surface area contributed by atoms with Crippen molar-refractivity contribution in [2.75, 3.05) is 20.1 Å². The minimum Gasteiger partial charge on any atom is -0.368 e. The van der Waals surface area contributed by atoms with E-state index in [0.717, 1.165) is 25.8 Å². The lowest BCUT2D eigenvalue weighted by Crippen LogP contribution is -2.60. The standard InChI is InChI=1S/C12H25N3O/c1-4-9(2)7-15(3)8-12(14,11(13)16)10-5-6-10/h9-10H,4-8,14H2,1-3H3,(H2,13,16). The van der Waals surface area contributed by atoms with Crippen LogP contribution in [0, 0.1) is 11.8 Å². The summed E-state index contributed by atoms with van der Waals surface area (Å²) in [6.45, 7) is 5.92. The maximum atomic E-state index is 11.5. The largest absolute Gasteiger partial charge is 0.368 e. The fourth-order valence-electron chi connectivity index (χ4n) is 2.18. The third-order valence-corrected chi connectivity index (χ3v) is 3.62. The first kappa shape index (κ1) is 13.5. The zero-order chi connectivity index (χ0) is 12.3. The number of carbonyl (C=O) groups excluding carboxylic acids is 1. The fourth-order valence-corrected chi connectivity index (χ4v) is 2.18. The molecule has 1 rings (SSSR count). The highest BCUT2D eigenvalue weighted by Crippen LogP contribution is 2.38. The second-order valence-corrected chi connectivity index (χ2v) is 5.39. The fraction of sp³-hybridized carbons (Fsp3) is 0.917. The minimum atomic E-state index is -0.817. The highest BCUT2D eigenvalue weighted by Gasteiger charge is 2.47. The highest BCUT2D eigenvalue weighted by atomic mass is 16.1. The molecule has 0 spiro atoms. The summed E-state index contributed by atoms with van der Waals surface area (Å²) in [6, 6.07) is 0. The molecule has 2 unspecified atom stereocenters. The number of likely N-dealkylation sites (N-methyl/N-ethyl adjacent to an activating group) is 1. The van der Waals surface area contributed by atoms with Crippen molar-refractivity contribution in [3.8, 4) is 0 Å². The van der Waals surface area contributed by atoms with Gasteiger partial charge in [-0.05, 0) is 31.7 Å². The molecule has 1 aliphatic carbocycles. The van der Waals surface area contributed by atoms with Gasteiger partial charge in [-0.3, -0.25) is 4.79 Å². The summed E-state index contributed by atoms with van der Waals surface area (Å²) in [5.74, 6) is 0.566. The van der Waals surface area contributed by atoms with Gasteiger partial charge in [-0.2, -0.15) is 0 Å². The van der Waals surface area contributed by atoms with E-state index in [2.05, 4.69) is 18.7 Å². The minimum absolute atomic E-state index is 0.296. The lowest BCUT2D eigenvalue weighted by Gasteiger charge is -2.32. The van der Waals surface area contributed by atoms with Crippen molar-refractivity contribution in [3.05, 3.63) is 0 Å². The molecule has 0 radical (unpaired) electrons. The van der Waals surface area contributed by atoms with Crippen molar-refractivity contribution in [3.63, 3.8) is 0 Å². The topological polar surface area (TPSA) is 72.3 Å². The number of hydrogen-bond donors (Lipinski definition) is 2. The quantitative estimate of drug-likeness (QED) is 0.667. The monoisotopic (exact) mass is 227 g/mol. The molecule has 4 heteroatoms. The molecule has 1 aliphatic rings. The number of amides is 1. The van der Waals surface area contributed by atoms with Gasteiger partial charge in [-0.15, -0.1) is 0 Å². The summed E-state index contributed by atoms with van der Waals surface area (Å²) >= 11 is 0. The second-order valence-electron chi connectivity index (χ2n) is 5.39. The molecule has 0 aromatic heterocycles. The molecule has 2 atom stereocenters. The second kappa shape index (κ2) is 5.15. The smallest absolute Gasteiger partial charge is 0.239 e. The Kier molecular flexibility index (Phi) is 4.33. The lowest BCUT2D eigenvalue weighted by molar-refractivity contribution is -0.124. The van der Waals surface area contributed by atoms with Crippen LogP contribution in [0.3, 0.4) is 0 Å². The molecule has 0 aromatic rings. The van der Waals surface area contributed by atoms with Crippen molar-refractivity contribution in [2.45, 2.75) is 38.6 Å². The number of hydrogen-bond acceptors (Lipinski definition) is 3. The first-order valence-electron chi connectivity index (χ1n) is 6.17. The van der Waals surface area contributed by atoms with Gasteiger partial charge in [-0.25, -0.2) is 0 Å². The number of nitrogens with zero attached hydrogens (tertiary/aromatic N) is 1. The van der Waals surface area contributed by atoms with Gasteiger partial charge in [0, 0.05) is 13.1 Å². The molecule has 0 heterocycles. The maximum absolute atomic E-state index is 11.5. The normalized spacial score (nSPS) is 21.8. The van der Waals surface area contributed by atoms with Crippen LogP contribution in [-0.2, 0) is 4.79 Å². The molecule has 0 aliphatic heterocycles. The summed E-state index contributed by atoms with van der Waals surface area (Å²) in [4.78, 5) is 13.6. The molecule has 16 heavy (non-hydrogen) atoms. The SMILES string of the molecule is CCC(C)CN(C)CC(N)(C(N)=O)C1CC1. The Balaban J connectivity index is 2.52. The molecule has 4 N–H and O–H groups in total. The summed E-state index contributed by atoms with van der Waals surface area (Å²) in [5.41, 5.74) is 10.8. The summed E-state index contributed by atoms with van der Waals surface area (Å²) in [5, 5.41) is 0. The van der Waals surface area contributed by atoms with Gasteiger partial charge in [0.2, 0.25) is 5.91 Å². The maximum Gasteiger partial charge on any atom is 0.239 e. The number of carbonyl (C=O) groups is 1. The Morgan fingerprint density at radius 1 is 1.56 bits per heavy atom. The van der Waals surface area contributed by atoms with Gasteiger partial charge >= 0.3 is 0 Å². The van der Waals surface area contributed by atoms with Gasteiger partial charge in [-0.1, -0.05) is 20.3 Å². The van der Waals surface area contributed by atoms with Crippen LogP contribution in [0.25, 0.3) is 0 Å². The van der Waals surface area contributed by atoms with E-state index in [4.69, 9.17) is 11.5 Å². The van der Waals surface area contributed by atoms with E-state index in [-0.39, 0.29) is 5.91 Å². The van der Waals surface area contributed by atoms with Gasteiger partial charge in [0.1, 0.15) is 5.54 Å². The average Bonchev–Trinajstić information content (AvgIpc) is 2.99.